The molecular weight excluding hydrogens is 358 g/mol. The lowest BCUT2D eigenvalue weighted by atomic mass is 10.1. The standard InChI is InChI=1S/C22H21NO5/c1-25-19-14-21(27-3)20(26-2)13-18(19)22(24)23-15-9-11-17(12-10-15)28-16-7-5-4-6-8-16/h4-14H,1-3H3,(H,23,24). The van der Waals surface area contributed by atoms with E-state index >= 15 is 0 Å². The fourth-order valence-electron chi connectivity index (χ4n) is 2.64. The molecule has 0 aliphatic heterocycles. The van der Waals surface area contributed by atoms with Crippen LogP contribution >= 0.6 is 0 Å². The largest absolute Gasteiger partial charge is 0.496 e. The van der Waals surface area contributed by atoms with Crippen molar-refractivity contribution in [2.45, 2.75) is 0 Å². The fourth-order valence-corrected chi connectivity index (χ4v) is 2.64. The molecule has 1 N–H and O–H groups in total. The summed E-state index contributed by atoms with van der Waals surface area (Å²) >= 11 is 0. The summed E-state index contributed by atoms with van der Waals surface area (Å²) in [5.41, 5.74) is 0.965. The van der Waals surface area contributed by atoms with Crippen molar-refractivity contribution in [1.29, 1.82) is 0 Å². The number of ether oxygens (including phenoxy) is 4. The molecule has 0 bridgehead atoms. The van der Waals surface area contributed by atoms with Gasteiger partial charge in [0.05, 0.1) is 26.9 Å². The normalized spacial score (nSPS) is 10.1. The van der Waals surface area contributed by atoms with Crippen LogP contribution in [0.2, 0.25) is 0 Å². The summed E-state index contributed by atoms with van der Waals surface area (Å²) in [5.74, 6) is 2.41. The van der Waals surface area contributed by atoms with E-state index in [-0.39, 0.29) is 5.91 Å². The van der Waals surface area contributed by atoms with Gasteiger partial charge in [0.15, 0.2) is 11.5 Å². The molecule has 1 amide bonds. The van der Waals surface area contributed by atoms with Gasteiger partial charge in [0.2, 0.25) is 0 Å². The van der Waals surface area contributed by atoms with E-state index in [2.05, 4.69) is 5.32 Å². The minimum absolute atomic E-state index is 0.325. The average molecular weight is 379 g/mol. The highest BCUT2D eigenvalue weighted by atomic mass is 16.5. The van der Waals surface area contributed by atoms with Gasteiger partial charge >= 0.3 is 0 Å². The van der Waals surface area contributed by atoms with Gasteiger partial charge in [0.1, 0.15) is 17.2 Å². The maximum Gasteiger partial charge on any atom is 0.259 e. The zero-order valence-electron chi connectivity index (χ0n) is 15.9. The number of hydrogen-bond donors (Lipinski definition) is 1. The molecule has 144 valence electrons. The highest BCUT2D eigenvalue weighted by molar-refractivity contribution is 6.06. The van der Waals surface area contributed by atoms with Crippen LogP contribution in [0.25, 0.3) is 0 Å². The number of amides is 1. The number of rotatable bonds is 7. The predicted molar refractivity (Wildman–Crippen MR) is 107 cm³/mol. The molecule has 0 spiro atoms. The van der Waals surface area contributed by atoms with Gasteiger partial charge in [-0.3, -0.25) is 4.79 Å². The minimum atomic E-state index is -0.325. The van der Waals surface area contributed by atoms with Crippen molar-refractivity contribution in [2.75, 3.05) is 26.6 Å². The Balaban J connectivity index is 1.76. The van der Waals surface area contributed by atoms with Crippen molar-refractivity contribution in [3.8, 4) is 28.7 Å². The highest BCUT2D eigenvalue weighted by Crippen LogP contribution is 2.35. The van der Waals surface area contributed by atoms with Crippen LogP contribution in [0.1, 0.15) is 10.4 Å². The molecule has 0 aliphatic carbocycles. The topological polar surface area (TPSA) is 66.0 Å². The molecule has 0 aliphatic rings. The zero-order valence-corrected chi connectivity index (χ0v) is 15.9. The van der Waals surface area contributed by atoms with E-state index in [9.17, 15) is 4.79 Å². The summed E-state index contributed by atoms with van der Waals surface area (Å²) in [6.07, 6.45) is 0. The van der Waals surface area contributed by atoms with Gasteiger partial charge in [-0.15, -0.1) is 0 Å². The van der Waals surface area contributed by atoms with Gasteiger partial charge in [0.25, 0.3) is 5.91 Å². The van der Waals surface area contributed by atoms with Crippen LogP contribution in [-0.4, -0.2) is 27.2 Å². The first-order chi connectivity index (χ1) is 13.6. The molecule has 6 nitrogen and oxygen atoms in total. The number of carbonyl (C=O) groups excluding carboxylic acids is 1. The van der Waals surface area contributed by atoms with Crippen LogP contribution in [0, 0.1) is 0 Å². The Morgan fingerprint density at radius 3 is 1.89 bits per heavy atom. The SMILES string of the molecule is COc1cc(OC)c(C(=O)Nc2ccc(Oc3ccccc3)cc2)cc1OC. The molecular formula is C22H21NO5. The highest BCUT2D eigenvalue weighted by Gasteiger charge is 2.18. The van der Waals surface area contributed by atoms with E-state index in [1.165, 1.54) is 21.3 Å². The molecule has 3 rings (SSSR count). The van der Waals surface area contributed by atoms with Gasteiger partial charge in [-0.2, -0.15) is 0 Å². The van der Waals surface area contributed by atoms with Crippen molar-refractivity contribution in [3.05, 3.63) is 72.3 Å². The Bertz CT molecular complexity index is 939. The van der Waals surface area contributed by atoms with Crippen molar-refractivity contribution in [1.82, 2.24) is 0 Å². The van der Waals surface area contributed by atoms with Crippen LogP contribution in [0.15, 0.2) is 66.7 Å². The van der Waals surface area contributed by atoms with Gasteiger partial charge < -0.3 is 24.3 Å². The molecule has 0 saturated carbocycles. The summed E-state index contributed by atoms with van der Waals surface area (Å²) < 4.78 is 21.6. The van der Waals surface area contributed by atoms with E-state index < -0.39 is 0 Å². The lowest BCUT2D eigenvalue weighted by Gasteiger charge is -2.14. The summed E-state index contributed by atoms with van der Waals surface area (Å²) in [6, 6.07) is 19.8. The quantitative estimate of drug-likeness (QED) is 0.641. The number of para-hydroxylation sites is 1. The first-order valence-corrected chi connectivity index (χ1v) is 8.59. The first kappa shape index (κ1) is 19.1. The summed E-state index contributed by atoms with van der Waals surface area (Å²) in [4.78, 5) is 12.7. The lowest BCUT2D eigenvalue weighted by molar-refractivity contribution is 0.102. The van der Waals surface area contributed by atoms with Crippen LogP contribution in [-0.2, 0) is 0 Å². The van der Waals surface area contributed by atoms with Crippen LogP contribution < -0.4 is 24.3 Å². The molecule has 0 fully saturated rings. The Labute approximate surface area is 163 Å². The first-order valence-electron chi connectivity index (χ1n) is 8.59. The van der Waals surface area contributed by atoms with Crippen molar-refractivity contribution in [3.63, 3.8) is 0 Å². The molecule has 0 heterocycles. The smallest absolute Gasteiger partial charge is 0.259 e. The second-order valence-corrected chi connectivity index (χ2v) is 5.80. The summed E-state index contributed by atoms with van der Waals surface area (Å²) in [6.45, 7) is 0. The second-order valence-electron chi connectivity index (χ2n) is 5.80. The Hall–Kier alpha value is -3.67. The predicted octanol–water partition coefficient (Wildman–Crippen LogP) is 4.76. The molecule has 0 saturated heterocycles. The average Bonchev–Trinajstić information content (AvgIpc) is 2.74. The van der Waals surface area contributed by atoms with E-state index in [1.54, 1.807) is 36.4 Å². The van der Waals surface area contributed by atoms with Gasteiger partial charge in [-0.1, -0.05) is 18.2 Å². The zero-order chi connectivity index (χ0) is 19.9. The fraction of sp³-hybridized carbons (Fsp3) is 0.136. The Kier molecular flexibility index (Phi) is 6.01. The third-order valence-corrected chi connectivity index (χ3v) is 4.04. The molecule has 28 heavy (non-hydrogen) atoms. The monoisotopic (exact) mass is 379 g/mol. The third-order valence-electron chi connectivity index (χ3n) is 4.04. The van der Waals surface area contributed by atoms with Gasteiger partial charge in [0, 0.05) is 17.8 Å². The van der Waals surface area contributed by atoms with Crippen molar-refractivity contribution in [2.24, 2.45) is 0 Å². The number of nitrogens with one attached hydrogen (secondary N) is 1. The van der Waals surface area contributed by atoms with Crippen LogP contribution in [0.3, 0.4) is 0 Å². The minimum Gasteiger partial charge on any atom is -0.496 e. The maximum atomic E-state index is 12.7. The molecule has 0 radical (unpaired) electrons. The number of carbonyl (C=O) groups is 1. The maximum absolute atomic E-state index is 12.7. The molecule has 3 aromatic rings. The lowest BCUT2D eigenvalue weighted by Crippen LogP contribution is -2.13. The third kappa shape index (κ3) is 4.35. The van der Waals surface area contributed by atoms with E-state index in [0.717, 1.165) is 5.75 Å². The number of anilines is 1. The summed E-state index contributed by atoms with van der Waals surface area (Å²) in [5, 5.41) is 2.84. The van der Waals surface area contributed by atoms with Gasteiger partial charge in [-0.25, -0.2) is 0 Å². The number of methoxy groups -OCH3 is 3. The van der Waals surface area contributed by atoms with Gasteiger partial charge in [-0.05, 0) is 36.4 Å². The Morgan fingerprint density at radius 2 is 1.29 bits per heavy atom. The Morgan fingerprint density at radius 1 is 0.714 bits per heavy atom. The van der Waals surface area contributed by atoms with Crippen LogP contribution in [0.5, 0.6) is 28.7 Å². The van der Waals surface area contributed by atoms with E-state index in [0.29, 0.717) is 34.2 Å². The second kappa shape index (κ2) is 8.81. The van der Waals surface area contributed by atoms with Crippen LogP contribution in [0.4, 0.5) is 5.69 Å². The molecule has 0 atom stereocenters. The molecule has 3 aromatic carbocycles. The van der Waals surface area contributed by atoms with Crippen molar-refractivity contribution >= 4 is 11.6 Å². The van der Waals surface area contributed by atoms with E-state index in [4.69, 9.17) is 18.9 Å². The van der Waals surface area contributed by atoms with E-state index in [1.807, 2.05) is 30.3 Å². The summed E-state index contributed by atoms with van der Waals surface area (Å²) in [7, 11) is 4.53. The number of hydrogen-bond acceptors (Lipinski definition) is 5. The molecule has 0 unspecified atom stereocenters. The molecule has 6 heteroatoms. The molecule has 0 aromatic heterocycles. The van der Waals surface area contributed by atoms with Crippen molar-refractivity contribution < 1.29 is 23.7 Å². The number of benzene rings is 3.